The van der Waals surface area contributed by atoms with Crippen LogP contribution in [0.2, 0.25) is 0 Å². The molecule has 4 heteroatoms. The topological polar surface area (TPSA) is 69.2 Å². The van der Waals surface area contributed by atoms with Gasteiger partial charge in [0.2, 0.25) is 5.91 Å². The molecule has 1 fully saturated rings. The van der Waals surface area contributed by atoms with Crippen LogP contribution in [0.5, 0.6) is 0 Å². The summed E-state index contributed by atoms with van der Waals surface area (Å²) in [5.74, 6) is -1.26. The lowest BCUT2D eigenvalue weighted by atomic mass is 9.95. The summed E-state index contributed by atoms with van der Waals surface area (Å²) in [6.07, 6.45) is 5.97. The molecule has 1 atom stereocenters. The highest BCUT2D eigenvalue weighted by molar-refractivity contribution is 5.77. The Kier molecular flexibility index (Phi) is 5.29. The Balaban J connectivity index is 2.21. The molecule has 1 amide bonds. The van der Waals surface area contributed by atoms with E-state index in [1.165, 1.54) is 19.3 Å². The second-order valence-electron chi connectivity index (χ2n) is 4.79. The molecule has 4 nitrogen and oxygen atoms in total. The zero-order valence-corrected chi connectivity index (χ0v) is 9.83. The zero-order valence-electron chi connectivity index (χ0n) is 9.83. The number of carboxylic acid groups (broad SMARTS) is 1. The molecule has 0 aliphatic heterocycles. The molecule has 0 spiro atoms. The van der Waals surface area contributed by atoms with Gasteiger partial charge in [0.1, 0.15) is 0 Å². The van der Waals surface area contributed by atoms with Gasteiger partial charge in [0.15, 0.2) is 0 Å². The molecule has 0 saturated heterocycles. The fourth-order valence-electron chi connectivity index (χ4n) is 2.21. The zero-order chi connectivity index (χ0) is 12.0. The van der Waals surface area contributed by atoms with Crippen molar-refractivity contribution in [2.24, 2.45) is 5.92 Å². The van der Waals surface area contributed by atoms with E-state index >= 15 is 0 Å². The first-order valence-electron chi connectivity index (χ1n) is 6.07. The van der Waals surface area contributed by atoms with Gasteiger partial charge in [-0.15, -0.1) is 0 Å². The smallest absolute Gasteiger partial charge is 0.220 e. The molecule has 0 unspecified atom stereocenters. The molecule has 0 heterocycles. The lowest BCUT2D eigenvalue weighted by molar-refractivity contribution is -0.306. The minimum Gasteiger partial charge on any atom is -0.550 e. The normalized spacial score (nSPS) is 19.1. The van der Waals surface area contributed by atoms with Crippen molar-refractivity contribution in [3.05, 3.63) is 0 Å². The maximum Gasteiger partial charge on any atom is 0.220 e. The van der Waals surface area contributed by atoms with Gasteiger partial charge in [0, 0.05) is 18.4 Å². The summed E-state index contributed by atoms with van der Waals surface area (Å²) in [4.78, 5) is 21.9. The number of amides is 1. The van der Waals surface area contributed by atoms with Crippen LogP contribution < -0.4 is 10.4 Å². The van der Waals surface area contributed by atoms with Gasteiger partial charge in [0.05, 0.1) is 0 Å². The van der Waals surface area contributed by atoms with Crippen molar-refractivity contribution >= 4 is 11.9 Å². The Hall–Kier alpha value is -1.06. The van der Waals surface area contributed by atoms with Crippen LogP contribution in [0.1, 0.15) is 51.9 Å². The first-order valence-corrected chi connectivity index (χ1v) is 6.07. The summed E-state index contributed by atoms with van der Waals surface area (Å²) < 4.78 is 0. The Morgan fingerprint density at radius 1 is 1.25 bits per heavy atom. The fourth-order valence-corrected chi connectivity index (χ4v) is 2.21. The molecule has 1 aliphatic rings. The van der Waals surface area contributed by atoms with E-state index in [0.717, 1.165) is 12.8 Å². The van der Waals surface area contributed by atoms with E-state index in [1.54, 1.807) is 6.92 Å². The number of carbonyl (C=O) groups excluding carboxylic acids is 2. The maximum absolute atomic E-state index is 11.6. The van der Waals surface area contributed by atoms with Gasteiger partial charge >= 0.3 is 0 Å². The van der Waals surface area contributed by atoms with Gasteiger partial charge in [-0.05, 0) is 25.2 Å². The van der Waals surface area contributed by atoms with Crippen LogP contribution in [0.4, 0.5) is 0 Å². The van der Waals surface area contributed by atoms with Crippen LogP contribution >= 0.6 is 0 Å². The van der Waals surface area contributed by atoms with Gasteiger partial charge in [-0.1, -0.05) is 26.2 Å². The highest BCUT2D eigenvalue weighted by Crippen LogP contribution is 2.17. The first-order chi connectivity index (χ1) is 7.58. The van der Waals surface area contributed by atoms with Crippen molar-refractivity contribution in [1.29, 1.82) is 0 Å². The van der Waals surface area contributed by atoms with Crippen LogP contribution in [0.15, 0.2) is 0 Å². The summed E-state index contributed by atoms with van der Waals surface area (Å²) in [5.41, 5.74) is 0. The summed E-state index contributed by atoms with van der Waals surface area (Å²) in [6, 6.07) is 0.302. The quantitative estimate of drug-likeness (QED) is 0.746. The second kappa shape index (κ2) is 6.51. The molecule has 0 aromatic rings. The Morgan fingerprint density at radius 3 is 2.44 bits per heavy atom. The van der Waals surface area contributed by atoms with Crippen molar-refractivity contribution in [3.63, 3.8) is 0 Å². The minimum absolute atomic E-state index is 0.0272. The van der Waals surface area contributed by atoms with E-state index in [1.807, 2.05) is 0 Å². The molecule has 0 radical (unpaired) electrons. The molecule has 1 N–H and O–H groups in total. The number of carbonyl (C=O) groups is 2. The SMILES string of the molecule is C[C@H](CC(=O)[O-])CC(=O)NC1CCCCC1. The molecule has 0 bridgehead atoms. The third kappa shape index (κ3) is 5.14. The van der Waals surface area contributed by atoms with Gasteiger partial charge in [-0.3, -0.25) is 4.79 Å². The number of aliphatic carboxylic acids is 1. The maximum atomic E-state index is 11.6. The summed E-state index contributed by atoms with van der Waals surface area (Å²) >= 11 is 0. The fraction of sp³-hybridized carbons (Fsp3) is 0.833. The molecule has 1 aliphatic carbocycles. The van der Waals surface area contributed by atoms with Crippen molar-refractivity contribution in [2.75, 3.05) is 0 Å². The number of hydrogen-bond acceptors (Lipinski definition) is 3. The standard InChI is InChI=1S/C12H21NO3/c1-9(8-12(15)16)7-11(14)13-10-5-3-2-4-6-10/h9-10H,2-8H2,1H3,(H,13,14)(H,15,16)/p-1/t9-/m0/s1. The van der Waals surface area contributed by atoms with Crippen molar-refractivity contribution in [3.8, 4) is 0 Å². The third-order valence-electron chi connectivity index (χ3n) is 3.02. The molecule has 92 valence electrons. The molecular formula is C12H20NO3-. The highest BCUT2D eigenvalue weighted by atomic mass is 16.4. The average Bonchev–Trinajstić information content (AvgIpc) is 2.17. The predicted octanol–water partition coefficient (Wildman–Crippen LogP) is 0.601. The molecule has 0 aromatic heterocycles. The van der Waals surface area contributed by atoms with Gasteiger partial charge < -0.3 is 15.2 Å². The Morgan fingerprint density at radius 2 is 1.88 bits per heavy atom. The molecule has 1 rings (SSSR count). The second-order valence-corrected chi connectivity index (χ2v) is 4.79. The largest absolute Gasteiger partial charge is 0.550 e. The van der Waals surface area contributed by atoms with Gasteiger partial charge in [-0.2, -0.15) is 0 Å². The molecule has 16 heavy (non-hydrogen) atoms. The number of rotatable bonds is 5. The predicted molar refractivity (Wildman–Crippen MR) is 58.4 cm³/mol. The highest BCUT2D eigenvalue weighted by Gasteiger charge is 2.17. The lowest BCUT2D eigenvalue weighted by Crippen LogP contribution is -2.37. The number of nitrogens with one attached hydrogen (secondary N) is 1. The molecular weight excluding hydrogens is 206 g/mol. The van der Waals surface area contributed by atoms with E-state index in [4.69, 9.17) is 0 Å². The third-order valence-corrected chi connectivity index (χ3v) is 3.02. The van der Waals surface area contributed by atoms with Crippen molar-refractivity contribution in [1.82, 2.24) is 5.32 Å². The Labute approximate surface area is 96.4 Å². The van der Waals surface area contributed by atoms with E-state index in [2.05, 4.69) is 5.32 Å². The van der Waals surface area contributed by atoms with Crippen LogP contribution in [-0.2, 0) is 9.59 Å². The number of hydrogen-bond donors (Lipinski definition) is 1. The van der Waals surface area contributed by atoms with Crippen LogP contribution in [-0.4, -0.2) is 17.9 Å². The van der Waals surface area contributed by atoms with E-state index in [0.29, 0.717) is 6.04 Å². The average molecular weight is 226 g/mol. The van der Waals surface area contributed by atoms with E-state index < -0.39 is 5.97 Å². The Bertz CT molecular complexity index is 247. The molecule has 1 saturated carbocycles. The van der Waals surface area contributed by atoms with E-state index in [9.17, 15) is 14.7 Å². The summed E-state index contributed by atoms with van der Waals surface area (Å²) in [7, 11) is 0. The van der Waals surface area contributed by atoms with Crippen molar-refractivity contribution in [2.45, 2.75) is 57.9 Å². The minimum atomic E-state index is -1.09. The van der Waals surface area contributed by atoms with Gasteiger partial charge in [0.25, 0.3) is 0 Å². The van der Waals surface area contributed by atoms with Gasteiger partial charge in [-0.25, -0.2) is 0 Å². The molecule has 0 aromatic carbocycles. The lowest BCUT2D eigenvalue weighted by Gasteiger charge is -2.23. The van der Waals surface area contributed by atoms with Crippen LogP contribution in [0.25, 0.3) is 0 Å². The monoisotopic (exact) mass is 226 g/mol. The van der Waals surface area contributed by atoms with E-state index in [-0.39, 0.29) is 24.7 Å². The van der Waals surface area contributed by atoms with Crippen molar-refractivity contribution < 1.29 is 14.7 Å². The van der Waals surface area contributed by atoms with Crippen LogP contribution in [0.3, 0.4) is 0 Å². The summed E-state index contributed by atoms with van der Waals surface area (Å²) in [5, 5.41) is 13.3. The van der Waals surface area contributed by atoms with Crippen LogP contribution in [0, 0.1) is 5.92 Å². The number of carboxylic acids is 1. The summed E-state index contributed by atoms with van der Waals surface area (Å²) in [6.45, 7) is 1.76. The first kappa shape index (κ1) is 13.0.